The van der Waals surface area contributed by atoms with Crippen LogP contribution in [0.1, 0.15) is 32.3 Å². The summed E-state index contributed by atoms with van der Waals surface area (Å²) < 4.78 is 11.0. The third-order valence-electron chi connectivity index (χ3n) is 7.59. The number of piperidine rings is 1. The maximum Gasteiger partial charge on any atom is 0.326 e. The van der Waals surface area contributed by atoms with Gasteiger partial charge in [0.2, 0.25) is 5.88 Å². The van der Waals surface area contributed by atoms with Crippen LogP contribution in [-0.2, 0) is 11.3 Å². The molecule has 11 heteroatoms. The minimum atomic E-state index is -1.44. The van der Waals surface area contributed by atoms with Crippen molar-refractivity contribution >= 4 is 17.8 Å². The number of H-pyrrole nitrogens is 1. The molecule has 0 saturated carbocycles. The van der Waals surface area contributed by atoms with Crippen molar-refractivity contribution in [1.29, 1.82) is 0 Å². The Hall–Kier alpha value is -4.12. The Morgan fingerprint density at radius 2 is 1.92 bits per heavy atom. The highest BCUT2D eigenvalue weighted by molar-refractivity contribution is 5.95. The summed E-state index contributed by atoms with van der Waals surface area (Å²) in [6.07, 6.45) is 4.60. The lowest BCUT2D eigenvalue weighted by Crippen LogP contribution is -2.57. The van der Waals surface area contributed by atoms with Crippen LogP contribution in [0.25, 0.3) is 11.1 Å². The van der Waals surface area contributed by atoms with Crippen LogP contribution in [0.3, 0.4) is 0 Å². The fraction of sp³-hybridized carbons (Fsp3) is 0.429. The van der Waals surface area contributed by atoms with Crippen LogP contribution in [0, 0.1) is 0 Å². The number of nitrogens with one attached hydrogen (secondary N) is 1. The molecule has 2 aliphatic heterocycles. The quantitative estimate of drug-likeness (QED) is 0.477. The monoisotopic (exact) mass is 534 g/mol. The number of methoxy groups -OCH3 is 2. The molecule has 2 aliphatic rings. The van der Waals surface area contributed by atoms with Gasteiger partial charge >= 0.3 is 6.03 Å². The number of aromatic amines is 1. The lowest BCUT2D eigenvalue weighted by atomic mass is 9.85. The van der Waals surface area contributed by atoms with Crippen LogP contribution >= 0.6 is 0 Å². The number of hydrogen-bond acceptors (Lipinski definition) is 7. The van der Waals surface area contributed by atoms with Gasteiger partial charge in [0.15, 0.2) is 0 Å². The molecule has 4 heterocycles. The number of anilines is 1. The molecule has 11 nitrogen and oxygen atoms in total. The van der Waals surface area contributed by atoms with Crippen molar-refractivity contribution in [3.05, 3.63) is 54.4 Å². The summed E-state index contributed by atoms with van der Waals surface area (Å²) in [6.45, 7) is 4.69. The summed E-state index contributed by atoms with van der Waals surface area (Å²) in [7, 11) is 3.17. The molecule has 3 aromatic rings. The van der Waals surface area contributed by atoms with Gasteiger partial charge in [0.1, 0.15) is 17.2 Å². The van der Waals surface area contributed by atoms with E-state index < -0.39 is 11.1 Å². The number of ether oxygens (including phenoxy) is 2. The molecule has 2 fully saturated rings. The number of amides is 3. The van der Waals surface area contributed by atoms with Crippen molar-refractivity contribution in [2.75, 3.05) is 38.8 Å². The van der Waals surface area contributed by atoms with Gasteiger partial charge in [-0.1, -0.05) is 12.1 Å². The number of hydrogen-bond donors (Lipinski definition) is 2. The molecule has 0 atom stereocenters. The van der Waals surface area contributed by atoms with Crippen LogP contribution in [-0.4, -0.2) is 87.0 Å². The number of urea groups is 1. The van der Waals surface area contributed by atoms with E-state index in [0.29, 0.717) is 50.7 Å². The third kappa shape index (κ3) is 5.01. The molecule has 2 saturated heterocycles. The van der Waals surface area contributed by atoms with E-state index in [1.807, 2.05) is 41.3 Å². The number of likely N-dealkylation sites (tertiary alicyclic amines) is 1. The molecule has 3 amide bonds. The number of aliphatic hydroxyl groups is 1. The smallest absolute Gasteiger partial charge is 0.326 e. The summed E-state index contributed by atoms with van der Waals surface area (Å²) in [6, 6.07) is 11.2. The molecule has 1 spiro atoms. The fourth-order valence-corrected chi connectivity index (χ4v) is 5.46. The maximum atomic E-state index is 14.0. The first-order chi connectivity index (χ1) is 18.6. The predicted octanol–water partition coefficient (Wildman–Crippen LogP) is 3.06. The number of aromatic nitrogens is 3. The van der Waals surface area contributed by atoms with Gasteiger partial charge in [0, 0.05) is 37.0 Å². The molecule has 1 aromatic carbocycles. The second kappa shape index (κ2) is 10.2. The van der Waals surface area contributed by atoms with Crippen molar-refractivity contribution in [3.8, 4) is 22.8 Å². The number of rotatable bonds is 7. The molecule has 0 aliphatic carbocycles. The Bertz CT molecular complexity index is 1340. The van der Waals surface area contributed by atoms with Gasteiger partial charge in [0.25, 0.3) is 5.91 Å². The number of pyridine rings is 1. The zero-order valence-electron chi connectivity index (χ0n) is 22.7. The highest BCUT2D eigenvalue weighted by atomic mass is 16.5. The van der Waals surface area contributed by atoms with Crippen LogP contribution in [0.4, 0.5) is 10.6 Å². The van der Waals surface area contributed by atoms with Gasteiger partial charge in [-0.2, -0.15) is 10.1 Å². The molecule has 5 rings (SSSR count). The van der Waals surface area contributed by atoms with Gasteiger partial charge < -0.3 is 24.4 Å². The number of benzene rings is 1. The third-order valence-corrected chi connectivity index (χ3v) is 7.59. The second-order valence-electron chi connectivity index (χ2n) is 10.6. The van der Waals surface area contributed by atoms with Crippen molar-refractivity contribution in [1.82, 2.24) is 25.0 Å². The summed E-state index contributed by atoms with van der Waals surface area (Å²) >= 11 is 0. The Morgan fingerprint density at radius 1 is 1.15 bits per heavy atom. The Kier molecular flexibility index (Phi) is 6.94. The standard InChI is InChI=1S/C28H34N6O5/c1-27(2,37)25(35)32-12-10-28(11-13-32)18-33(26(36)34(28)17-19-6-5-7-21(14-19)38-3)23-9-8-22(24(31-23)39-4)20-15-29-30-16-20/h5-9,14-16,37H,10-13,17-18H2,1-4H3,(H,29,30). The van der Waals surface area contributed by atoms with E-state index in [0.717, 1.165) is 22.4 Å². The number of nitrogens with zero attached hydrogens (tertiary/aromatic N) is 5. The summed E-state index contributed by atoms with van der Waals surface area (Å²) in [5.74, 6) is 1.30. The first kappa shape index (κ1) is 26.5. The Morgan fingerprint density at radius 3 is 2.56 bits per heavy atom. The minimum absolute atomic E-state index is 0.161. The van der Waals surface area contributed by atoms with Gasteiger partial charge in [-0.3, -0.25) is 14.8 Å². The zero-order chi connectivity index (χ0) is 27.8. The number of carbonyl (C=O) groups is 2. The van der Waals surface area contributed by atoms with Gasteiger partial charge in [0.05, 0.1) is 32.5 Å². The average Bonchev–Trinajstić information content (AvgIpc) is 3.56. The van der Waals surface area contributed by atoms with Crippen molar-refractivity contribution < 1.29 is 24.2 Å². The largest absolute Gasteiger partial charge is 0.497 e. The highest BCUT2D eigenvalue weighted by Crippen LogP contribution is 2.40. The molecule has 0 unspecified atom stereocenters. The van der Waals surface area contributed by atoms with Gasteiger partial charge in [-0.15, -0.1) is 0 Å². The summed E-state index contributed by atoms with van der Waals surface area (Å²) in [5, 5.41) is 17.1. The highest BCUT2D eigenvalue weighted by Gasteiger charge is 2.52. The first-order valence-electron chi connectivity index (χ1n) is 12.9. The van der Waals surface area contributed by atoms with E-state index in [1.54, 1.807) is 36.4 Å². The topological polar surface area (TPSA) is 124 Å². The Balaban J connectivity index is 1.47. The second-order valence-corrected chi connectivity index (χ2v) is 10.6. The van der Waals surface area contributed by atoms with Crippen LogP contribution in [0.5, 0.6) is 11.6 Å². The molecule has 39 heavy (non-hydrogen) atoms. The lowest BCUT2D eigenvalue weighted by molar-refractivity contribution is -0.150. The predicted molar refractivity (Wildman–Crippen MR) is 144 cm³/mol. The lowest BCUT2D eigenvalue weighted by Gasteiger charge is -2.44. The van der Waals surface area contributed by atoms with Crippen molar-refractivity contribution in [2.24, 2.45) is 0 Å². The summed E-state index contributed by atoms with van der Waals surface area (Å²) in [5.41, 5.74) is 0.579. The van der Waals surface area contributed by atoms with E-state index >= 15 is 0 Å². The molecule has 2 aromatic heterocycles. The maximum absolute atomic E-state index is 14.0. The SMILES string of the molecule is COc1cccc(CN2C(=O)N(c3ccc(-c4cn[nH]c4)c(OC)n3)CC23CCN(C(=O)C(C)(C)O)CC3)c1. The van der Waals surface area contributed by atoms with Crippen LogP contribution < -0.4 is 14.4 Å². The number of carbonyl (C=O) groups excluding carboxylic acids is 2. The van der Waals surface area contributed by atoms with Crippen LogP contribution in [0.2, 0.25) is 0 Å². The normalized spacial score (nSPS) is 17.2. The van der Waals surface area contributed by atoms with E-state index in [9.17, 15) is 14.7 Å². The van der Waals surface area contributed by atoms with E-state index in [1.165, 1.54) is 13.8 Å². The average molecular weight is 535 g/mol. The molecule has 0 radical (unpaired) electrons. The molecular weight excluding hydrogens is 500 g/mol. The molecular formula is C28H34N6O5. The zero-order valence-corrected chi connectivity index (χ0v) is 22.7. The summed E-state index contributed by atoms with van der Waals surface area (Å²) in [4.78, 5) is 36.8. The van der Waals surface area contributed by atoms with Gasteiger partial charge in [-0.25, -0.2) is 4.79 Å². The van der Waals surface area contributed by atoms with E-state index in [-0.39, 0.29) is 11.9 Å². The molecule has 2 N–H and O–H groups in total. The Labute approximate surface area is 227 Å². The van der Waals surface area contributed by atoms with Gasteiger partial charge in [-0.05, 0) is 56.5 Å². The molecule has 206 valence electrons. The van der Waals surface area contributed by atoms with E-state index in [2.05, 4.69) is 10.2 Å². The van der Waals surface area contributed by atoms with Crippen molar-refractivity contribution in [2.45, 2.75) is 44.4 Å². The minimum Gasteiger partial charge on any atom is -0.497 e. The first-order valence-corrected chi connectivity index (χ1v) is 12.9. The van der Waals surface area contributed by atoms with Crippen LogP contribution in [0.15, 0.2) is 48.8 Å². The molecule has 0 bridgehead atoms. The fourth-order valence-electron chi connectivity index (χ4n) is 5.46. The van der Waals surface area contributed by atoms with E-state index in [4.69, 9.17) is 14.5 Å². The van der Waals surface area contributed by atoms with Crippen molar-refractivity contribution in [3.63, 3.8) is 0 Å².